The van der Waals surface area contributed by atoms with E-state index >= 15 is 0 Å². The Morgan fingerprint density at radius 3 is 1.60 bits per heavy atom. The minimum absolute atomic E-state index is 0. The van der Waals surface area contributed by atoms with Gasteiger partial charge in [0, 0.05) is 17.4 Å². The Morgan fingerprint density at radius 1 is 1.60 bits per heavy atom. The molecule has 0 atom stereocenters. The number of hydrogen-bond donors (Lipinski definition) is 0. The van der Waals surface area contributed by atoms with Crippen LogP contribution in [0.2, 0.25) is 0 Å². The topological polar surface area (TPSA) is 23.8 Å². The molecule has 25 valence electrons. The minimum atomic E-state index is 0. The van der Waals surface area contributed by atoms with Gasteiger partial charge in [0.1, 0.15) is 0 Å². The van der Waals surface area contributed by atoms with Crippen molar-refractivity contribution in [1.82, 2.24) is 0 Å². The van der Waals surface area contributed by atoms with E-state index in [9.17, 15) is 0 Å². The first-order valence-electron chi connectivity index (χ1n) is 0.400. The molecule has 0 unspecified atom stereocenters. The van der Waals surface area contributed by atoms with E-state index in [-0.39, 0.29) is 68.7 Å². The van der Waals surface area contributed by atoms with E-state index in [4.69, 9.17) is 5.26 Å². The Kier molecular flexibility index (Phi) is 51.5. The van der Waals surface area contributed by atoms with Crippen molar-refractivity contribution in [3.63, 3.8) is 0 Å². The number of nitrogens with zero attached hydrogens (tertiary/aromatic N) is 1. The molecule has 0 rings (SSSR count). The molecule has 0 aromatic carbocycles. The fraction of sp³-hybridized carbons (Fsp3) is 0. The Labute approximate surface area is 92.9 Å². The van der Waals surface area contributed by atoms with Crippen molar-refractivity contribution in [2.45, 2.75) is 0 Å². The van der Waals surface area contributed by atoms with Crippen LogP contribution in [0.5, 0.6) is 0 Å². The van der Waals surface area contributed by atoms with Crippen LogP contribution >= 0.6 is 0 Å². The van der Waals surface area contributed by atoms with Crippen LogP contribution < -0.4 is 0 Å². The zero-order chi connectivity index (χ0) is 2.71. The van der Waals surface area contributed by atoms with Crippen LogP contribution in [0.25, 0.3) is 0 Å². The quantitative estimate of drug-likeness (QED) is 0.448. The van der Waals surface area contributed by atoms with Crippen LogP contribution in [0, 0.1) is 10.2 Å². The summed E-state index contributed by atoms with van der Waals surface area (Å²) in [6.07, 6.45) is 0. The molecular weight excluding hydrogens is 173 g/mol. The van der Waals surface area contributed by atoms with E-state index in [1.807, 2.05) is 0 Å². The second-order valence-electron chi connectivity index (χ2n) is 0.0791. The number of hydrogen-bond acceptors (Lipinski definition) is 1. The van der Waals surface area contributed by atoms with Crippen LogP contribution in [-0.2, 0) is 33.4 Å². The van der Waals surface area contributed by atoms with E-state index in [1.54, 1.807) is 0 Å². The third-order valence-electron chi connectivity index (χ3n) is 0. The molecule has 5 heavy (non-hydrogen) atoms. The Morgan fingerprint density at radius 2 is 1.60 bits per heavy atom. The summed E-state index contributed by atoms with van der Waals surface area (Å²) in [5.74, 6) is 0. The second-order valence-corrected chi connectivity index (χ2v) is 0.326. The zero-order valence-electron chi connectivity index (χ0n) is 1.71. The summed E-state index contributed by atoms with van der Waals surface area (Å²) in [6, 6.07) is 0. The molecule has 0 aliphatic rings. The first-order chi connectivity index (χ1) is 1.41. The standard InChI is InChI=1S/CN.Cr.Fe.K.H/c1-2;;;;. The fourth-order valence-corrected chi connectivity index (χ4v) is 0. The van der Waals surface area contributed by atoms with Gasteiger partial charge < -0.3 is 0 Å². The van der Waals surface area contributed by atoms with Crippen molar-refractivity contribution in [2.24, 2.45) is 0 Å². The van der Waals surface area contributed by atoms with Crippen molar-refractivity contribution in [3.05, 3.63) is 0 Å². The molecule has 4 heteroatoms. The maximum atomic E-state index is 7.21. The molecule has 0 bridgehead atoms. The van der Waals surface area contributed by atoms with Crippen LogP contribution in [-0.4, -0.2) is 51.4 Å². The van der Waals surface area contributed by atoms with E-state index in [0.717, 1.165) is 0 Å². The molecule has 0 aliphatic carbocycles. The average Bonchev–Trinajstić information content (AvgIpc) is 0.918. The molecule has 0 aliphatic heterocycles. The van der Waals surface area contributed by atoms with Crippen LogP contribution in [0.15, 0.2) is 0 Å². The zero-order valence-corrected chi connectivity index (χ0v) is 4.09. The van der Waals surface area contributed by atoms with Gasteiger partial charge in [-0.15, -0.1) is 0 Å². The van der Waals surface area contributed by atoms with Crippen molar-refractivity contribution in [1.29, 1.82) is 5.26 Å². The number of nitriles is 1. The summed E-state index contributed by atoms with van der Waals surface area (Å²) in [6.45, 7) is 0. The average molecular weight is 174 g/mol. The molecule has 0 heterocycles. The van der Waals surface area contributed by atoms with Gasteiger partial charge in [0.2, 0.25) is 0 Å². The fourth-order valence-electron chi connectivity index (χ4n) is 0. The molecule has 1 nitrogen and oxygen atoms in total. The first-order valence-corrected chi connectivity index (χ1v) is 0.952. The summed E-state index contributed by atoms with van der Waals surface area (Å²) in [5, 5.41) is 7.21. The third-order valence-corrected chi connectivity index (χ3v) is 0. The Hall–Kier alpha value is 2.18. The van der Waals surface area contributed by atoms with Gasteiger partial charge >= 0.3 is 77.6 Å². The summed E-state index contributed by atoms with van der Waals surface area (Å²) < 4.78 is 0. The molecule has 0 saturated carbocycles. The molecular formula is CHCrFeKN. The van der Waals surface area contributed by atoms with Crippen LogP contribution in [0.4, 0.5) is 0 Å². The van der Waals surface area contributed by atoms with Gasteiger partial charge in [-0.05, 0) is 0 Å². The van der Waals surface area contributed by atoms with E-state index < -0.39 is 0 Å². The van der Waals surface area contributed by atoms with Gasteiger partial charge in [-0.3, -0.25) is 0 Å². The van der Waals surface area contributed by atoms with E-state index in [2.05, 4.69) is 16.0 Å². The van der Waals surface area contributed by atoms with Gasteiger partial charge in [0.25, 0.3) is 0 Å². The van der Waals surface area contributed by atoms with Crippen molar-refractivity contribution in [3.8, 4) is 4.97 Å². The van der Waals surface area contributed by atoms with Crippen molar-refractivity contribution in [2.75, 3.05) is 0 Å². The summed E-state index contributed by atoms with van der Waals surface area (Å²) in [4.78, 5) is 1.50. The number of rotatable bonds is 0. The molecule has 0 N–H and O–H groups in total. The van der Waals surface area contributed by atoms with E-state index in [0.29, 0.717) is 0 Å². The Bertz CT molecular complexity index is 33.1. The summed E-state index contributed by atoms with van der Waals surface area (Å²) >= 11 is 2.79. The van der Waals surface area contributed by atoms with Gasteiger partial charge in [-0.2, -0.15) is 0 Å². The van der Waals surface area contributed by atoms with Gasteiger partial charge in [-0.25, -0.2) is 0 Å². The second kappa shape index (κ2) is 16.4. The first kappa shape index (κ1) is 15.7. The molecule has 0 fully saturated rings. The normalized spacial score (nSPS) is 1.60. The van der Waals surface area contributed by atoms with Gasteiger partial charge in [0.15, 0.2) is 0 Å². The van der Waals surface area contributed by atoms with Gasteiger partial charge in [0.05, 0.1) is 0 Å². The molecule has 0 amide bonds. The predicted octanol–water partition coefficient (Wildman–Crippen LogP) is -0.637. The van der Waals surface area contributed by atoms with Crippen molar-refractivity contribution < 1.29 is 33.4 Å². The molecule has 0 aromatic heterocycles. The van der Waals surface area contributed by atoms with Crippen molar-refractivity contribution >= 4 is 51.4 Å². The molecule has 0 spiro atoms. The summed E-state index contributed by atoms with van der Waals surface area (Å²) in [5.41, 5.74) is 0. The summed E-state index contributed by atoms with van der Waals surface area (Å²) in [7, 11) is 0. The van der Waals surface area contributed by atoms with Gasteiger partial charge in [-0.1, -0.05) is 0 Å². The van der Waals surface area contributed by atoms with Crippen LogP contribution in [0.1, 0.15) is 0 Å². The molecule has 0 radical (unpaired) electrons. The SMILES string of the molecule is N#[C][Fe].[Cr].[KH]. The maximum absolute atomic E-state index is 7.21. The Balaban J connectivity index is -0.0000000200. The molecule has 0 saturated heterocycles. The van der Waals surface area contributed by atoms with Crippen LogP contribution in [0.3, 0.4) is 0 Å². The third kappa shape index (κ3) is 22.7. The predicted molar refractivity (Wildman–Crippen MR) is 12.8 cm³/mol. The molecule has 0 aromatic rings. The monoisotopic (exact) mass is 174 g/mol. The van der Waals surface area contributed by atoms with E-state index in [1.165, 1.54) is 4.97 Å².